The highest BCUT2D eigenvalue weighted by Gasteiger charge is 2.35. The van der Waals surface area contributed by atoms with E-state index < -0.39 is 6.04 Å². The molecule has 2 saturated heterocycles. The summed E-state index contributed by atoms with van der Waals surface area (Å²) < 4.78 is 12.9. The van der Waals surface area contributed by atoms with Gasteiger partial charge in [-0.15, -0.1) is 5.10 Å². The lowest BCUT2D eigenvalue weighted by molar-refractivity contribution is -0.149. The van der Waals surface area contributed by atoms with Gasteiger partial charge in [0.25, 0.3) is 5.56 Å². The lowest BCUT2D eigenvalue weighted by Crippen LogP contribution is -2.42. The summed E-state index contributed by atoms with van der Waals surface area (Å²) in [6, 6.07) is 7.65. The van der Waals surface area contributed by atoms with Gasteiger partial charge in [0, 0.05) is 30.8 Å². The van der Waals surface area contributed by atoms with E-state index in [9.17, 15) is 9.59 Å². The molecule has 2 unspecified atom stereocenters. The van der Waals surface area contributed by atoms with Crippen molar-refractivity contribution >= 4 is 16.9 Å². The number of ether oxygens (including phenoxy) is 2. The second kappa shape index (κ2) is 10.9. The lowest BCUT2D eigenvalue weighted by Gasteiger charge is -2.36. The van der Waals surface area contributed by atoms with Crippen LogP contribution in [-0.4, -0.2) is 68.5 Å². The van der Waals surface area contributed by atoms with Crippen LogP contribution in [0.1, 0.15) is 62.5 Å². The number of nitrogens with zero attached hydrogens (tertiary/aromatic N) is 5. The van der Waals surface area contributed by atoms with E-state index in [1.54, 1.807) is 4.68 Å². The van der Waals surface area contributed by atoms with E-state index in [2.05, 4.69) is 38.4 Å². The first-order chi connectivity index (χ1) is 17.6. The molecule has 0 radical (unpaired) electrons. The zero-order valence-corrected chi connectivity index (χ0v) is 21.0. The molecule has 2 aliphatic rings. The number of carbonyl (C=O) groups excluding carboxylic acids is 1. The molecule has 10 heteroatoms. The number of fused-ring (bicyclic) bond motifs is 1. The van der Waals surface area contributed by atoms with Crippen molar-refractivity contribution in [3.63, 3.8) is 0 Å². The Morgan fingerprint density at radius 3 is 2.78 bits per heavy atom. The maximum absolute atomic E-state index is 13.4. The van der Waals surface area contributed by atoms with Crippen molar-refractivity contribution in [3.8, 4) is 0 Å². The molecule has 5 rings (SSSR count). The number of tetrazole rings is 1. The second-order valence-corrected chi connectivity index (χ2v) is 9.65. The number of H-pyrrole nitrogens is 1. The maximum atomic E-state index is 13.4. The molecule has 3 aromatic rings. The fourth-order valence-electron chi connectivity index (χ4n) is 5.37. The Kier molecular flexibility index (Phi) is 7.43. The van der Waals surface area contributed by atoms with Crippen molar-refractivity contribution in [2.75, 3.05) is 26.3 Å². The number of carbonyl (C=O) groups is 1. The Morgan fingerprint density at radius 1 is 1.22 bits per heavy atom. The van der Waals surface area contributed by atoms with Crippen molar-refractivity contribution in [2.24, 2.45) is 5.92 Å². The zero-order valence-electron chi connectivity index (χ0n) is 21.0. The highest BCUT2D eigenvalue weighted by Crippen LogP contribution is 2.32. The number of nitrogens with one attached hydrogen (secondary N) is 1. The topological polar surface area (TPSA) is 115 Å². The average Bonchev–Trinajstić information content (AvgIpc) is 3.58. The molecule has 2 aliphatic heterocycles. The molecule has 2 atom stereocenters. The molecule has 0 aliphatic carbocycles. The van der Waals surface area contributed by atoms with Gasteiger partial charge in [-0.25, -0.2) is 4.68 Å². The SMILES string of the molecule is CCOC(=O)C1CCN(C(c2cc3cc(CC)ccc3[nH]c2=O)c2nnnn2CC2CCCO2)CC1. The van der Waals surface area contributed by atoms with Gasteiger partial charge in [0.15, 0.2) is 5.82 Å². The molecule has 1 aromatic carbocycles. The van der Waals surface area contributed by atoms with Crippen LogP contribution in [0.5, 0.6) is 0 Å². The van der Waals surface area contributed by atoms with Crippen LogP contribution < -0.4 is 5.56 Å². The van der Waals surface area contributed by atoms with Gasteiger partial charge < -0.3 is 14.5 Å². The van der Waals surface area contributed by atoms with Gasteiger partial charge in [0.05, 0.1) is 25.2 Å². The van der Waals surface area contributed by atoms with Crippen LogP contribution >= 0.6 is 0 Å². The summed E-state index contributed by atoms with van der Waals surface area (Å²) in [5.74, 6) is 0.343. The first kappa shape index (κ1) is 24.6. The summed E-state index contributed by atoms with van der Waals surface area (Å²) in [4.78, 5) is 31.0. The van der Waals surface area contributed by atoms with Crippen LogP contribution in [0.4, 0.5) is 0 Å². The van der Waals surface area contributed by atoms with E-state index in [-0.39, 0.29) is 23.6 Å². The van der Waals surface area contributed by atoms with E-state index in [1.165, 1.54) is 5.56 Å². The number of aryl methyl sites for hydroxylation is 1. The highest BCUT2D eigenvalue weighted by molar-refractivity contribution is 5.80. The summed E-state index contributed by atoms with van der Waals surface area (Å²) in [6.45, 7) is 6.88. The Labute approximate surface area is 210 Å². The van der Waals surface area contributed by atoms with Crippen LogP contribution in [0.2, 0.25) is 0 Å². The van der Waals surface area contributed by atoms with Crippen LogP contribution in [0.3, 0.4) is 0 Å². The summed E-state index contributed by atoms with van der Waals surface area (Å²) >= 11 is 0. The molecule has 4 heterocycles. The Morgan fingerprint density at radius 2 is 2.06 bits per heavy atom. The number of rotatable bonds is 8. The number of likely N-dealkylation sites (tertiary alicyclic amines) is 1. The standard InChI is InChI=1S/C26H34N6O4/c1-3-17-7-8-22-19(14-17)15-21(25(33)27-22)23(31-11-9-18(10-12-31)26(34)35-4-2)24-28-29-30-32(24)16-20-6-5-13-36-20/h7-8,14-15,18,20,23H,3-6,9-13,16H2,1-2H3,(H,27,33). The summed E-state index contributed by atoms with van der Waals surface area (Å²) in [5.41, 5.74) is 2.46. The number of hydrogen-bond acceptors (Lipinski definition) is 8. The van der Waals surface area contributed by atoms with E-state index in [0.717, 1.165) is 36.8 Å². The first-order valence-corrected chi connectivity index (χ1v) is 13.0. The number of esters is 1. The van der Waals surface area contributed by atoms with Gasteiger partial charge in [-0.2, -0.15) is 0 Å². The minimum Gasteiger partial charge on any atom is -0.466 e. The Balaban J connectivity index is 1.52. The molecular weight excluding hydrogens is 460 g/mol. The Bertz CT molecular complexity index is 1260. The molecule has 10 nitrogen and oxygen atoms in total. The molecule has 0 spiro atoms. The van der Waals surface area contributed by atoms with Gasteiger partial charge in [-0.05, 0) is 78.6 Å². The smallest absolute Gasteiger partial charge is 0.309 e. The number of hydrogen-bond donors (Lipinski definition) is 1. The molecule has 2 fully saturated rings. The zero-order chi connectivity index (χ0) is 25.1. The molecule has 1 N–H and O–H groups in total. The van der Waals surface area contributed by atoms with Gasteiger partial charge in [-0.1, -0.05) is 13.0 Å². The van der Waals surface area contributed by atoms with Crippen molar-refractivity contribution in [3.05, 3.63) is 51.6 Å². The summed E-state index contributed by atoms with van der Waals surface area (Å²) in [7, 11) is 0. The number of aromatic amines is 1. The highest BCUT2D eigenvalue weighted by atomic mass is 16.5. The summed E-state index contributed by atoms with van der Waals surface area (Å²) in [5, 5.41) is 13.6. The van der Waals surface area contributed by atoms with Crippen molar-refractivity contribution in [1.29, 1.82) is 0 Å². The molecule has 0 amide bonds. The van der Waals surface area contributed by atoms with Gasteiger partial charge in [0.1, 0.15) is 6.04 Å². The van der Waals surface area contributed by atoms with E-state index in [4.69, 9.17) is 9.47 Å². The lowest BCUT2D eigenvalue weighted by atomic mass is 9.93. The molecule has 2 aromatic heterocycles. The number of piperidine rings is 1. The van der Waals surface area contributed by atoms with E-state index >= 15 is 0 Å². The maximum Gasteiger partial charge on any atom is 0.309 e. The quantitative estimate of drug-likeness (QED) is 0.475. The molecule has 36 heavy (non-hydrogen) atoms. The van der Waals surface area contributed by atoms with Crippen LogP contribution in [0.15, 0.2) is 29.1 Å². The van der Waals surface area contributed by atoms with Crippen LogP contribution in [-0.2, 0) is 27.2 Å². The predicted octanol–water partition coefficient (Wildman–Crippen LogP) is 2.62. The number of benzene rings is 1. The fraction of sp³-hybridized carbons (Fsp3) is 0.577. The number of aromatic nitrogens is 5. The largest absolute Gasteiger partial charge is 0.466 e. The molecule has 0 bridgehead atoms. The third-order valence-corrected chi connectivity index (χ3v) is 7.36. The van der Waals surface area contributed by atoms with Gasteiger partial charge >= 0.3 is 5.97 Å². The minimum atomic E-state index is -0.442. The number of pyridine rings is 1. The average molecular weight is 495 g/mol. The first-order valence-electron chi connectivity index (χ1n) is 13.0. The van der Waals surface area contributed by atoms with Crippen LogP contribution in [0.25, 0.3) is 10.9 Å². The van der Waals surface area contributed by atoms with Crippen molar-refractivity contribution in [1.82, 2.24) is 30.1 Å². The summed E-state index contributed by atoms with van der Waals surface area (Å²) in [6.07, 6.45) is 4.28. The van der Waals surface area contributed by atoms with E-state index in [0.29, 0.717) is 50.5 Å². The molecule has 0 saturated carbocycles. The normalized spacial score (nSPS) is 20.1. The van der Waals surface area contributed by atoms with Crippen molar-refractivity contribution in [2.45, 2.75) is 64.6 Å². The monoisotopic (exact) mass is 494 g/mol. The van der Waals surface area contributed by atoms with Crippen molar-refractivity contribution < 1.29 is 14.3 Å². The third-order valence-electron chi connectivity index (χ3n) is 7.36. The fourth-order valence-corrected chi connectivity index (χ4v) is 5.37. The van der Waals surface area contributed by atoms with Gasteiger partial charge in [-0.3, -0.25) is 14.5 Å². The predicted molar refractivity (Wildman–Crippen MR) is 134 cm³/mol. The molecule has 192 valence electrons. The van der Waals surface area contributed by atoms with Gasteiger partial charge in [0.2, 0.25) is 0 Å². The third kappa shape index (κ3) is 5.05. The minimum absolute atomic E-state index is 0.0597. The second-order valence-electron chi connectivity index (χ2n) is 9.65. The van der Waals surface area contributed by atoms with E-state index in [1.807, 2.05) is 25.1 Å². The Hall–Kier alpha value is -3.11. The van der Waals surface area contributed by atoms with Crippen LogP contribution in [0, 0.1) is 5.92 Å². The molecular formula is C26H34N6O4.